The minimum absolute atomic E-state index is 0.151. The van der Waals surface area contributed by atoms with Gasteiger partial charge in [-0.15, -0.1) is 0 Å². The molecule has 6 nitrogen and oxygen atoms in total. The minimum Gasteiger partial charge on any atom is -0.375 e. The SMILES string of the molecule is Cc1c(-c2ccsc2)nc2c(C(=O)NCc3ccc4nc(N)sc4c3)cccn12. The Kier molecular flexibility index (Phi) is 4.30. The summed E-state index contributed by atoms with van der Waals surface area (Å²) < 4.78 is 2.98. The molecule has 1 aromatic carbocycles. The average Bonchev–Trinajstić information content (AvgIpc) is 3.44. The molecular formula is C21H17N5OS2. The quantitative estimate of drug-likeness (QED) is 0.449. The summed E-state index contributed by atoms with van der Waals surface area (Å²) in [5.74, 6) is -0.151. The molecule has 29 heavy (non-hydrogen) atoms. The summed E-state index contributed by atoms with van der Waals surface area (Å²) in [5, 5.41) is 7.64. The van der Waals surface area contributed by atoms with Crippen molar-refractivity contribution in [2.45, 2.75) is 13.5 Å². The van der Waals surface area contributed by atoms with E-state index in [9.17, 15) is 4.79 Å². The van der Waals surface area contributed by atoms with Crippen LogP contribution >= 0.6 is 22.7 Å². The van der Waals surface area contributed by atoms with Crippen LogP contribution in [0.3, 0.4) is 0 Å². The van der Waals surface area contributed by atoms with E-state index < -0.39 is 0 Å². The van der Waals surface area contributed by atoms with Gasteiger partial charge in [0.2, 0.25) is 0 Å². The topological polar surface area (TPSA) is 85.3 Å². The van der Waals surface area contributed by atoms with Gasteiger partial charge in [-0.1, -0.05) is 17.4 Å². The Balaban J connectivity index is 1.43. The molecule has 0 aliphatic carbocycles. The number of aromatic nitrogens is 3. The van der Waals surface area contributed by atoms with E-state index in [1.165, 1.54) is 11.3 Å². The number of fused-ring (bicyclic) bond motifs is 2. The molecule has 5 aromatic rings. The summed E-state index contributed by atoms with van der Waals surface area (Å²) in [6.07, 6.45) is 1.94. The summed E-state index contributed by atoms with van der Waals surface area (Å²) in [5.41, 5.74) is 11.8. The zero-order valence-electron chi connectivity index (χ0n) is 15.5. The van der Waals surface area contributed by atoms with Gasteiger partial charge in [-0.25, -0.2) is 9.97 Å². The number of hydrogen-bond donors (Lipinski definition) is 2. The van der Waals surface area contributed by atoms with Gasteiger partial charge < -0.3 is 15.5 Å². The lowest BCUT2D eigenvalue weighted by Gasteiger charge is -2.07. The number of imidazole rings is 1. The fourth-order valence-corrected chi connectivity index (χ4v) is 4.85. The minimum atomic E-state index is -0.151. The van der Waals surface area contributed by atoms with Crippen LogP contribution in [-0.2, 0) is 6.54 Å². The molecule has 4 aromatic heterocycles. The van der Waals surface area contributed by atoms with E-state index >= 15 is 0 Å². The molecular weight excluding hydrogens is 402 g/mol. The highest BCUT2D eigenvalue weighted by Gasteiger charge is 2.17. The molecule has 1 amide bonds. The molecule has 0 saturated heterocycles. The second-order valence-corrected chi connectivity index (χ2v) is 8.55. The van der Waals surface area contributed by atoms with Crippen molar-refractivity contribution in [3.05, 3.63) is 70.2 Å². The van der Waals surface area contributed by atoms with Crippen LogP contribution in [0.4, 0.5) is 5.13 Å². The number of benzene rings is 1. The van der Waals surface area contributed by atoms with Crippen molar-refractivity contribution in [1.29, 1.82) is 0 Å². The Morgan fingerprint density at radius 3 is 2.97 bits per heavy atom. The Bertz CT molecular complexity index is 1350. The maximum absolute atomic E-state index is 12.9. The number of rotatable bonds is 4. The lowest BCUT2D eigenvalue weighted by atomic mass is 10.2. The number of hydrogen-bond acceptors (Lipinski definition) is 6. The smallest absolute Gasteiger partial charge is 0.255 e. The lowest BCUT2D eigenvalue weighted by molar-refractivity contribution is 0.0952. The predicted octanol–water partition coefficient (Wildman–Crippen LogP) is 4.49. The Morgan fingerprint density at radius 1 is 1.24 bits per heavy atom. The number of thiophene rings is 1. The first-order chi connectivity index (χ1) is 14.1. The number of nitrogens with two attached hydrogens (primary N) is 1. The highest BCUT2D eigenvalue weighted by Crippen LogP contribution is 2.27. The molecule has 0 spiro atoms. The number of nitrogens with one attached hydrogen (secondary N) is 1. The third-order valence-corrected chi connectivity index (χ3v) is 6.38. The molecule has 0 aliphatic heterocycles. The number of aryl methyl sites for hydroxylation is 1. The van der Waals surface area contributed by atoms with Gasteiger partial charge >= 0.3 is 0 Å². The van der Waals surface area contributed by atoms with Crippen LogP contribution in [0.5, 0.6) is 0 Å². The number of nitrogen functional groups attached to an aromatic ring is 1. The van der Waals surface area contributed by atoms with Crippen LogP contribution in [0.25, 0.3) is 27.1 Å². The highest BCUT2D eigenvalue weighted by molar-refractivity contribution is 7.22. The number of amides is 1. The van der Waals surface area contributed by atoms with E-state index in [1.54, 1.807) is 11.3 Å². The van der Waals surface area contributed by atoms with Crippen molar-refractivity contribution < 1.29 is 4.79 Å². The largest absolute Gasteiger partial charge is 0.375 e. The summed E-state index contributed by atoms with van der Waals surface area (Å²) in [4.78, 5) is 21.9. The van der Waals surface area contributed by atoms with Crippen molar-refractivity contribution in [2.24, 2.45) is 0 Å². The first kappa shape index (κ1) is 17.8. The van der Waals surface area contributed by atoms with Crippen LogP contribution in [-0.4, -0.2) is 20.3 Å². The Hall–Kier alpha value is -3.23. The van der Waals surface area contributed by atoms with E-state index in [0.29, 0.717) is 22.9 Å². The van der Waals surface area contributed by atoms with Gasteiger partial charge in [-0.2, -0.15) is 11.3 Å². The molecule has 5 rings (SSSR count). The molecule has 0 aliphatic rings. The van der Waals surface area contributed by atoms with E-state index in [1.807, 2.05) is 59.3 Å². The van der Waals surface area contributed by atoms with Gasteiger partial charge in [0.15, 0.2) is 10.8 Å². The van der Waals surface area contributed by atoms with Gasteiger partial charge in [0.05, 0.1) is 21.5 Å². The molecule has 0 unspecified atom stereocenters. The summed E-state index contributed by atoms with van der Waals surface area (Å²) >= 11 is 3.07. The molecule has 144 valence electrons. The number of carbonyl (C=O) groups is 1. The van der Waals surface area contributed by atoms with Gasteiger partial charge in [-0.3, -0.25) is 4.79 Å². The van der Waals surface area contributed by atoms with E-state index in [0.717, 1.165) is 32.7 Å². The number of nitrogens with zero attached hydrogens (tertiary/aromatic N) is 3. The fraction of sp³-hybridized carbons (Fsp3) is 0.0952. The van der Waals surface area contributed by atoms with Crippen LogP contribution in [0.2, 0.25) is 0 Å². The monoisotopic (exact) mass is 419 g/mol. The Labute approximate surface area is 174 Å². The van der Waals surface area contributed by atoms with Gasteiger partial charge in [0.25, 0.3) is 5.91 Å². The van der Waals surface area contributed by atoms with Crippen molar-refractivity contribution in [1.82, 2.24) is 19.7 Å². The first-order valence-electron chi connectivity index (χ1n) is 9.03. The summed E-state index contributed by atoms with van der Waals surface area (Å²) in [6.45, 7) is 2.44. The number of carbonyl (C=O) groups excluding carboxylic acids is 1. The molecule has 3 N–H and O–H groups in total. The van der Waals surface area contributed by atoms with Crippen molar-refractivity contribution in [2.75, 3.05) is 5.73 Å². The predicted molar refractivity (Wildman–Crippen MR) is 118 cm³/mol. The maximum Gasteiger partial charge on any atom is 0.255 e. The second-order valence-electron chi connectivity index (χ2n) is 6.71. The fourth-order valence-electron chi connectivity index (χ4n) is 3.41. The summed E-state index contributed by atoms with van der Waals surface area (Å²) in [7, 11) is 0. The van der Waals surface area contributed by atoms with Crippen molar-refractivity contribution in [3.8, 4) is 11.3 Å². The van der Waals surface area contributed by atoms with Crippen LogP contribution < -0.4 is 11.1 Å². The van der Waals surface area contributed by atoms with E-state index in [4.69, 9.17) is 10.7 Å². The van der Waals surface area contributed by atoms with Gasteiger partial charge in [0.1, 0.15) is 0 Å². The molecule has 0 bridgehead atoms. The van der Waals surface area contributed by atoms with Gasteiger partial charge in [0, 0.05) is 29.4 Å². The summed E-state index contributed by atoms with van der Waals surface area (Å²) in [6, 6.07) is 11.6. The molecule has 0 fully saturated rings. The molecule has 4 heterocycles. The number of pyridine rings is 1. The van der Waals surface area contributed by atoms with Crippen molar-refractivity contribution >= 4 is 49.6 Å². The average molecular weight is 420 g/mol. The maximum atomic E-state index is 12.9. The van der Waals surface area contributed by atoms with Crippen LogP contribution in [0.1, 0.15) is 21.6 Å². The zero-order chi connectivity index (χ0) is 20.0. The lowest BCUT2D eigenvalue weighted by Crippen LogP contribution is -2.23. The number of thiazole rings is 1. The van der Waals surface area contributed by atoms with Crippen LogP contribution in [0.15, 0.2) is 53.4 Å². The zero-order valence-corrected chi connectivity index (χ0v) is 17.2. The van der Waals surface area contributed by atoms with E-state index in [2.05, 4.69) is 15.7 Å². The molecule has 8 heteroatoms. The number of anilines is 1. The standard InChI is InChI=1S/C21H17N5OS2/c1-12-18(14-6-8-28-11-14)25-19-15(3-2-7-26(12)19)20(27)23-10-13-4-5-16-17(9-13)29-21(22)24-16/h2-9,11H,10H2,1H3,(H2,22,24)(H,23,27). The van der Waals surface area contributed by atoms with Gasteiger partial charge in [-0.05, 0) is 48.2 Å². The van der Waals surface area contributed by atoms with Crippen LogP contribution in [0, 0.1) is 6.92 Å². The first-order valence-corrected chi connectivity index (χ1v) is 10.8. The van der Waals surface area contributed by atoms with E-state index in [-0.39, 0.29) is 5.91 Å². The molecule has 0 atom stereocenters. The molecule has 0 radical (unpaired) electrons. The Morgan fingerprint density at radius 2 is 2.14 bits per heavy atom. The second kappa shape index (κ2) is 6.98. The third-order valence-electron chi connectivity index (χ3n) is 4.85. The van der Waals surface area contributed by atoms with Crippen molar-refractivity contribution in [3.63, 3.8) is 0 Å². The normalized spacial score (nSPS) is 11.3. The third kappa shape index (κ3) is 3.16. The molecule has 0 saturated carbocycles. The highest BCUT2D eigenvalue weighted by atomic mass is 32.1.